The Labute approximate surface area is 125 Å². The van der Waals surface area contributed by atoms with Gasteiger partial charge in [0.25, 0.3) is 0 Å². The number of amides is 1. The highest BCUT2D eigenvalue weighted by Gasteiger charge is 2.15. The maximum Gasteiger partial charge on any atom is 0.228 e. The first-order valence-corrected chi connectivity index (χ1v) is 7.75. The van der Waals surface area contributed by atoms with Crippen LogP contribution in [0.1, 0.15) is 20.3 Å². The number of nitrogens with one attached hydrogen (secondary N) is 1. The molecule has 1 atom stereocenters. The van der Waals surface area contributed by atoms with E-state index < -0.39 is 0 Å². The molecule has 100 valence electrons. The summed E-state index contributed by atoms with van der Waals surface area (Å²) in [6, 6.07) is 9.91. The molecule has 0 saturated heterocycles. The number of nitrogens with zero attached hydrogens (tertiary/aromatic N) is 1. The van der Waals surface area contributed by atoms with Crippen molar-refractivity contribution >= 4 is 38.3 Å². The molecule has 0 aliphatic heterocycles. The largest absolute Gasteiger partial charge is 0.302 e. The number of carbonyl (C=O) groups excluding carboxylic acids is 1. The number of carbonyl (C=O) groups is 1. The van der Waals surface area contributed by atoms with Crippen molar-refractivity contribution in [3.05, 3.63) is 34.1 Å². The Kier molecular flexibility index (Phi) is 4.71. The molecule has 0 aliphatic carbocycles. The van der Waals surface area contributed by atoms with E-state index in [1.54, 1.807) is 0 Å². The Balaban J connectivity index is 2.20. The molecule has 19 heavy (non-hydrogen) atoms. The van der Waals surface area contributed by atoms with Crippen molar-refractivity contribution in [3.8, 4) is 11.3 Å². The van der Waals surface area contributed by atoms with E-state index in [1.807, 2.05) is 44.2 Å². The average Bonchev–Trinajstić information content (AvgIpc) is 2.79. The standard InChI is InChI=1S/C14H15BrN2OS/c1-3-9(2)13(18)17-14-16-11(12(15)19-14)10-7-5-4-6-8-10/h4-9H,3H2,1-2H3,(H,16,17,18)/t9-/m1/s1. The lowest BCUT2D eigenvalue weighted by Crippen LogP contribution is -2.19. The molecule has 1 N–H and O–H groups in total. The predicted octanol–water partition coefficient (Wildman–Crippen LogP) is 4.56. The van der Waals surface area contributed by atoms with Gasteiger partial charge in [-0.1, -0.05) is 55.5 Å². The van der Waals surface area contributed by atoms with Crippen LogP contribution in [0.2, 0.25) is 0 Å². The molecule has 5 heteroatoms. The fourth-order valence-electron chi connectivity index (χ4n) is 1.54. The van der Waals surface area contributed by atoms with Crippen LogP contribution >= 0.6 is 27.3 Å². The molecule has 1 heterocycles. The molecule has 2 rings (SSSR count). The SMILES string of the molecule is CC[C@@H](C)C(=O)Nc1nc(-c2ccccc2)c(Br)s1. The van der Waals surface area contributed by atoms with Gasteiger partial charge in [0.2, 0.25) is 5.91 Å². The van der Waals surface area contributed by atoms with Crippen LogP contribution in [0.3, 0.4) is 0 Å². The lowest BCUT2D eigenvalue weighted by atomic mass is 10.1. The highest BCUT2D eigenvalue weighted by molar-refractivity contribution is 9.11. The van der Waals surface area contributed by atoms with E-state index in [4.69, 9.17) is 0 Å². The summed E-state index contributed by atoms with van der Waals surface area (Å²) in [5, 5.41) is 3.50. The summed E-state index contributed by atoms with van der Waals surface area (Å²) in [6.45, 7) is 3.91. The molecule has 3 nitrogen and oxygen atoms in total. The average molecular weight is 339 g/mol. The van der Waals surface area contributed by atoms with Gasteiger partial charge in [-0.05, 0) is 22.4 Å². The fraction of sp³-hybridized carbons (Fsp3) is 0.286. The van der Waals surface area contributed by atoms with Crippen molar-refractivity contribution in [2.75, 3.05) is 5.32 Å². The first kappa shape index (κ1) is 14.2. The predicted molar refractivity (Wildman–Crippen MR) is 83.3 cm³/mol. The number of hydrogen-bond acceptors (Lipinski definition) is 3. The van der Waals surface area contributed by atoms with Gasteiger partial charge in [-0.25, -0.2) is 4.98 Å². The van der Waals surface area contributed by atoms with Crippen LogP contribution < -0.4 is 5.32 Å². The topological polar surface area (TPSA) is 42.0 Å². The van der Waals surface area contributed by atoms with Gasteiger partial charge in [-0.3, -0.25) is 4.79 Å². The Hall–Kier alpha value is -1.20. The third kappa shape index (κ3) is 3.42. The van der Waals surface area contributed by atoms with E-state index in [0.29, 0.717) is 5.13 Å². The lowest BCUT2D eigenvalue weighted by Gasteiger charge is -2.06. The summed E-state index contributed by atoms with van der Waals surface area (Å²) < 4.78 is 0.929. The van der Waals surface area contributed by atoms with Crippen LogP contribution in [-0.2, 0) is 4.79 Å². The summed E-state index contributed by atoms with van der Waals surface area (Å²) in [7, 11) is 0. The molecule has 0 saturated carbocycles. The third-order valence-corrected chi connectivity index (χ3v) is 4.54. The van der Waals surface area contributed by atoms with Crippen molar-refractivity contribution in [1.82, 2.24) is 4.98 Å². The number of benzene rings is 1. The van der Waals surface area contributed by atoms with Gasteiger partial charge in [-0.2, -0.15) is 0 Å². The van der Waals surface area contributed by atoms with Crippen molar-refractivity contribution in [2.45, 2.75) is 20.3 Å². The molecular weight excluding hydrogens is 324 g/mol. The van der Waals surface area contributed by atoms with Crippen LogP contribution in [0.25, 0.3) is 11.3 Å². The van der Waals surface area contributed by atoms with Crippen molar-refractivity contribution in [3.63, 3.8) is 0 Å². The minimum absolute atomic E-state index is 0.00264. The molecule has 1 aromatic heterocycles. The van der Waals surface area contributed by atoms with Crippen molar-refractivity contribution < 1.29 is 4.79 Å². The van der Waals surface area contributed by atoms with Gasteiger partial charge < -0.3 is 5.32 Å². The zero-order chi connectivity index (χ0) is 13.8. The molecule has 1 amide bonds. The molecule has 0 spiro atoms. The van der Waals surface area contributed by atoms with E-state index in [-0.39, 0.29) is 11.8 Å². The number of hydrogen-bond donors (Lipinski definition) is 1. The van der Waals surface area contributed by atoms with Gasteiger partial charge in [0.15, 0.2) is 5.13 Å². The van der Waals surface area contributed by atoms with Gasteiger partial charge in [0.05, 0.1) is 9.48 Å². The fourth-order valence-corrected chi connectivity index (χ4v) is 3.04. The second-order valence-electron chi connectivity index (χ2n) is 4.31. The van der Waals surface area contributed by atoms with Gasteiger partial charge in [-0.15, -0.1) is 0 Å². The maximum absolute atomic E-state index is 11.8. The maximum atomic E-state index is 11.8. The number of anilines is 1. The van der Waals surface area contributed by atoms with E-state index >= 15 is 0 Å². The first-order valence-electron chi connectivity index (χ1n) is 6.14. The molecule has 0 bridgehead atoms. The number of halogens is 1. The molecular formula is C14H15BrN2OS. The first-order chi connectivity index (χ1) is 9.11. The van der Waals surface area contributed by atoms with Crippen LogP contribution in [0.15, 0.2) is 34.1 Å². The minimum Gasteiger partial charge on any atom is -0.302 e. The summed E-state index contributed by atoms with van der Waals surface area (Å²) in [4.78, 5) is 16.3. The molecule has 1 aromatic carbocycles. The van der Waals surface area contributed by atoms with Crippen molar-refractivity contribution in [2.24, 2.45) is 5.92 Å². The highest BCUT2D eigenvalue weighted by atomic mass is 79.9. The summed E-state index contributed by atoms with van der Waals surface area (Å²) in [5.74, 6) is 0.0196. The summed E-state index contributed by atoms with van der Waals surface area (Å²) in [6.07, 6.45) is 0.823. The Bertz CT molecular complexity index is 568. The zero-order valence-corrected chi connectivity index (χ0v) is 13.2. The van der Waals surface area contributed by atoms with Crippen LogP contribution in [0.5, 0.6) is 0 Å². The monoisotopic (exact) mass is 338 g/mol. The second kappa shape index (κ2) is 6.30. The minimum atomic E-state index is 0.00264. The van der Waals surface area contributed by atoms with Crippen molar-refractivity contribution in [1.29, 1.82) is 0 Å². The van der Waals surface area contributed by atoms with Crippen LogP contribution in [-0.4, -0.2) is 10.9 Å². The summed E-state index contributed by atoms with van der Waals surface area (Å²) >= 11 is 4.94. The molecule has 2 aromatic rings. The number of thiazole rings is 1. The lowest BCUT2D eigenvalue weighted by molar-refractivity contribution is -0.119. The van der Waals surface area contributed by atoms with E-state index in [9.17, 15) is 4.79 Å². The number of aromatic nitrogens is 1. The Morgan fingerprint density at radius 3 is 2.74 bits per heavy atom. The van der Waals surface area contributed by atoms with Gasteiger partial charge in [0.1, 0.15) is 0 Å². The molecule has 0 unspecified atom stereocenters. The third-order valence-electron chi connectivity index (χ3n) is 2.92. The number of rotatable bonds is 4. The smallest absolute Gasteiger partial charge is 0.228 e. The normalized spacial score (nSPS) is 12.2. The van der Waals surface area contributed by atoms with Gasteiger partial charge in [0, 0.05) is 11.5 Å². The highest BCUT2D eigenvalue weighted by Crippen LogP contribution is 2.35. The van der Waals surface area contributed by atoms with Crippen LogP contribution in [0, 0.1) is 5.92 Å². The van der Waals surface area contributed by atoms with Crippen LogP contribution in [0.4, 0.5) is 5.13 Å². The molecule has 0 aliphatic rings. The van der Waals surface area contributed by atoms with Gasteiger partial charge >= 0.3 is 0 Å². The van der Waals surface area contributed by atoms with E-state index in [0.717, 1.165) is 21.5 Å². The molecule has 0 fully saturated rings. The Morgan fingerprint density at radius 2 is 2.11 bits per heavy atom. The quantitative estimate of drug-likeness (QED) is 0.887. The second-order valence-corrected chi connectivity index (χ2v) is 6.62. The zero-order valence-electron chi connectivity index (χ0n) is 10.8. The Morgan fingerprint density at radius 1 is 1.42 bits per heavy atom. The summed E-state index contributed by atoms with van der Waals surface area (Å²) in [5.41, 5.74) is 1.90. The van der Waals surface area contributed by atoms with E-state index in [2.05, 4.69) is 26.2 Å². The molecule has 0 radical (unpaired) electrons. The van der Waals surface area contributed by atoms with E-state index in [1.165, 1.54) is 11.3 Å².